The van der Waals surface area contributed by atoms with Crippen molar-refractivity contribution in [3.63, 3.8) is 0 Å². The van der Waals surface area contributed by atoms with Gasteiger partial charge >= 0.3 is 0 Å². The lowest BCUT2D eigenvalue weighted by Crippen LogP contribution is -1.91. The molecule has 0 bridgehead atoms. The summed E-state index contributed by atoms with van der Waals surface area (Å²) < 4.78 is 28.6. The molecule has 0 aliphatic carbocycles. The van der Waals surface area contributed by atoms with E-state index in [1.54, 1.807) is 0 Å². The van der Waals surface area contributed by atoms with E-state index >= 15 is 0 Å². The van der Waals surface area contributed by atoms with Crippen LogP contribution in [0.4, 0.5) is 0 Å². The fourth-order valence-corrected chi connectivity index (χ4v) is 1.10. The highest BCUT2D eigenvalue weighted by atomic mass is 32.2. The maximum Gasteiger partial charge on any atom is 0.297 e. The molecule has 0 atom stereocenters. The van der Waals surface area contributed by atoms with Gasteiger partial charge in [-0.2, -0.15) is 0 Å². The van der Waals surface area contributed by atoms with Gasteiger partial charge in [-0.05, 0) is 17.7 Å². The molecular formula is C4H3N3O3S. The Kier molecular flexibility index (Phi) is 1.84. The van der Waals surface area contributed by atoms with Crippen molar-refractivity contribution >= 4 is 10.0 Å². The summed E-state index contributed by atoms with van der Waals surface area (Å²) in [6.45, 7) is 0. The van der Waals surface area contributed by atoms with Crippen LogP contribution < -0.4 is 0 Å². The summed E-state index contributed by atoms with van der Waals surface area (Å²) in [4.78, 5) is 2.14. The topological polar surface area (TPSA) is 96.0 Å². The molecule has 0 N–H and O–H groups in total. The van der Waals surface area contributed by atoms with Crippen LogP contribution in [-0.4, -0.2) is 8.42 Å². The zero-order valence-corrected chi connectivity index (χ0v) is 6.02. The second kappa shape index (κ2) is 2.65. The molecule has 0 aliphatic heterocycles. The normalized spacial score (nSPS) is 10.5. The van der Waals surface area contributed by atoms with E-state index in [0.717, 1.165) is 0 Å². The lowest BCUT2D eigenvalue weighted by molar-refractivity contribution is 0.450. The second-order valence-corrected chi connectivity index (χ2v) is 3.09. The van der Waals surface area contributed by atoms with Crippen LogP contribution in [0.5, 0.6) is 0 Å². The summed E-state index contributed by atoms with van der Waals surface area (Å²) in [5.41, 5.74) is 7.84. The molecule has 1 rings (SSSR count). The SMILES string of the molecule is [N-]=[N+]=NS(=O)(=O)c1ccco1. The van der Waals surface area contributed by atoms with Crippen LogP contribution in [0.2, 0.25) is 0 Å². The monoisotopic (exact) mass is 173 g/mol. The number of sulfonamides is 1. The molecule has 0 saturated carbocycles. The third-order valence-electron chi connectivity index (χ3n) is 0.893. The van der Waals surface area contributed by atoms with Gasteiger partial charge in [0.1, 0.15) is 0 Å². The van der Waals surface area contributed by atoms with Crippen LogP contribution in [0, 0.1) is 0 Å². The predicted octanol–water partition coefficient (Wildman–Crippen LogP) is 1.28. The van der Waals surface area contributed by atoms with E-state index < -0.39 is 10.0 Å². The molecule has 6 nitrogen and oxygen atoms in total. The minimum Gasteiger partial charge on any atom is -0.453 e. The quantitative estimate of drug-likeness (QED) is 0.382. The van der Waals surface area contributed by atoms with Gasteiger partial charge in [0, 0.05) is 9.43 Å². The van der Waals surface area contributed by atoms with Crippen LogP contribution in [0.25, 0.3) is 10.4 Å². The predicted molar refractivity (Wildman–Crippen MR) is 35.0 cm³/mol. The first-order chi connectivity index (χ1) is 5.17. The molecule has 1 aromatic rings. The van der Waals surface area contributed by atoms with Crippen molar-refractivity contribution in [1.29, 1.82) is 0 Å². The first-order valence-electron chi connectivity index (χ1n) is 2.52. The molecule has 0 aliphatic rings. The van der Waals surface area contributed by atoms with Gasteiger partial charge in [-0.1, -0.05) is 0 Å². The number of nitrogens with zero attached hydrogens (tertiary/aromatic N) is 3. The minimum atomic E-state index is -3.93. The van der Waals surface area contributed by atoms with Crippen LogP contribution in [0.3, 0.4) is 0 Å². The zero-order chi connectivity index (χ0) is 8.32. The number of furan rings is 1. The van der Waals surface area contributed by atoms with Gasteiger partial charge in [-0.15, -0.1) is 0 Å². The molecule has 11 heavy (non-hydrogen) atoms. The van der Waals surface area contributed by atoms with E-state index in [0.29, 0.717) is 0 Å². The van der Waals surface area contributed by atoms with Crippen LogP contribution >= 0.6 is 0 Å². The summed E-state index contributed by atoms with van der Waals surface area (Å²) in [6.07, 6.45) is 1.18. The van der Waals surface area contributed by atoms with Crippen molar-refractivity contribution in [3.8, 4) is 0 Å². The van der Waals surface area contributed by atoms with Crippen LogP contribution in [0.15, 0.2) is 32.4 Å². The first kappa shape index (κ1) is 7.64. The van der Waals surface area contributed by atoms with Gasteiger partial charge in [0.15, 0.2) is 0 Å². The average Bonchev–Trinajstić information content (AvgIpc) is 2.37. The third-order valence-corrected chi connectivity index (χ3v) is 1.92. The summed E-state index contributed by atoms with van der Waals surface area (Å²) in [5, 5.41) is -0.352. The van der Waals surface area contributed by atoms with E-state index in [2.05, 4.69) is 13.8 Å². The lowest BCUT2D eigenvalue weighted by Gasteiger charge is -1.86. The van der Waals surface area contributed by atoms with Crippen molar-refractivity contribution in [1.82, 2.24) is 0 Å². The van der Waals surface area contributed by atoms with Crippen molar-refractivity contribution < 1.29 is 12.8 Å². The van der Waals surface area contributed by atoms with E-state index in [1.165, 1.54) is 18.4 Å². The van der Waals surface area contributed by atoms with Crippen molar-refractivity contribution in [2.75, 3.05) is 0 Å². The van der Waals surface area contributed by atoms with E-state index in [9.17, 15) is 8.42 Å². The highest BCUT2D eigenvalue weighted by molar-refractivity contribution is 7.89. The largest absolute Gasteiger partial charge is 0.453 e. The van der Waals surface area contributed by atoms with E-state index in [4.69, 9.17) is 5.53 Å². The van der Waals surface area contributed by atoms with Gasteiger partial charge < -0.3 is 4.42 Å². The molecule has 7 heteroatoms. The number of rotatable bonds is 2. The highest BCUT2D eigenvalue weighted by Gasteiger charge is 2.13. The van der Waals surface area contributed by atoms with Gasteiger partial charge in [-0.3, -0.25) is 0 Å². The second-order valence-electron chi connectivity index (χ2n) is 1.58. The molecule has 0 radical (unpaired) electrons. The molecule has 0 aromatic carbocycles. The molecule has 0 fully saturated rings. The van der Waals surface area contributed by atoms with Crippen LogP contribution in [-0.2, 0) is 10.0 Å². The molecule has 58 valence electrons. The fraction of sp³-hybridized carbons (Fsp3) is 0. The Morgan fingerprint density at radius 2 is 2.36 bits per heavy atom. The summed E-state index contributed by atoms with van der Waals surface area (Å²) in [7, 11) is -3.93. The Hall–Kier alpha value is -1.46. The Labute approximate surface area is 62.1 Å². The van der Waals surface area contributed by atoms with Gasteiger partial charge in [-0.25, -0.2) is 8.42 Å². The Balaban J connectivity index is 3.22. The van der Waals surface area contributed by atoms with Crippen LogP contribution in [0.1, 0.15) is 0 Å². The minimum absolute atomic E-state index is 0.352. The summed E-state index contributed by atoms with van der Waals surface area (Å²) >= 11 is 0. The molecule has 0 spiro atoms. The fourth-order valence-electron chi connectivity index (χ4n) is 0.499. The first-order valence-corrected chi connectivity index (χ1v) is 3.96. The molecule has 0 saturated heterocycles. The molecule has 1 aromatic heterocycles. The van der Waals surface area contributed by atoms with Crippen molar-refractivity contribution in [3.05, 3.63) is 28.8 Å². The number of hydrogen-bond acceptors (Lipinski definition) is 3. The maximum atomic E-state index is 10.8. The summed E-state index contributed by atoms with van der Waals surface area (Å²) in [6, 6.07) is 2.59. The van der Waals surface area contributed by atoms with Crippen molar-refractivity contribution in [2.45, 2.75) is 5.09 Å². The Morgan fingerprint density at radius 3 is 2.82 bits per heavy atom. The highest BCUT2D eigenvalue weighted by Crippen LogP contribution is 2.11. The number of azide groups is 1. The summed E-state index contributed by atoms with van der Waals surface area (Å²) in [5.74, 6) is 0. The zero-order valence-electron chi connectivity index (χ0n) is 5.21. The van der Waals surface area contributed by atoms with E-state index in [1.807, 2.05) is 0 Å². The smallest absolute Gasteiger partial charge is 0.297 e. The van der Waals surface area contributed by atoms with Gasteiger partial charge in [0.2, 0.25) is 5.09 Å². The Morgan fingerprint density at radius 1 is 1.64 bits per heavy atom. The van der Waals surface area contributed by atoms with Gasteiger partial charge in [0.05, 0.1) is 6.26 Å². The number of hydrogen-bond donors (Lipinski definition) is 0. The Bertz CT molecular complexity index is 373. The maximum absolute atomic E-state index is 10.8. The molecular weight excluding hydrogens is 170 g/mol. The molecule has 1 heterocycles. The van der Waals surface area contributed by atoms with E-state index in [-0.39, 0.29) is 5.09 Å². The lowest BCUT2D eigenvalue weighted by atomic mass is 10.7. The average molecular weight is 173 g/mol. The van der Waals surface area contributed by atoms with Gasteiger partial charge in [0.25, 0.3) is 10.0 Å². The van der Waals surface area contributed by atoms with Crippen molar-refractivity contribution in [2.24, 2.45) is 4.52 Å². The molecule has 0 unspecified atom stereocenters. The molecule has 0 amide bonds. The third kappa shape index (κ3) is 1.51. The standard InChI is InChI=1S/C4H3N3O3S/c5-6-7-11(8,9)4-2-1-3-10-4/h1-3H.